The van der Waals surface area contributed by atoms with Crippen molar-refractivity contribution in [1.29, 1.82) is 0 Å². The largest absolute Gasteiger partial charge is 0.354 e. The molecular formula is C19H18ClFN6O3S. The summed E-state index contributed by atoms with van der Waals surface area (Å²) in [5, 5.41) is 12.3. The van der Waals surface area contributed by atoms with Gasteiger partial charge in [-0.15, -0.1) is 0 Å². The molecule has 4 rings (SSSR count). The number of H-pyrrole nitrogens is 1. The molecule has 1 aliphatic heterocycles. The molecule has 0 spiro atoms. The zero-order valence-electron chi connectivity index (χ0n) is 16.2. The van der Waals surface area contributed by atoms with Gasteiger partial charge in [-0.2, -0.15) is 5.10 Å². The first-order valence-electron chi connectivity index (χ1n) is 9.55. The normalized spacial score (nSPS) is 16.7. The van der Waals surface area contributed by atoms with Gasteiger partial charge in [0.05, 0.1) is 22.7 Å². The number of thioether (sulfide) groups is 1. The van der Waals surface area contributed by atoms with Crippen LogP contribution in [0.2, 0.25) is 5.02 Å². The number of halogens is 2. The minimum atomic E-state index is -0.619. The first-order valence-corrected chi connectivity index (χ1v) is 10.9. The number of aromatic nitrogens is 4. The molecule has 0 aliphatic carbocycles. The van der Waals surface area contributed by atoms with Crippen LogP contribution in [0.3, 0.4) is 0 Å². The second-order valence-electron chi connectivity index (χ2n) is 6.96. The van der Waals surface area contributed by atoms with Crippen molar-refractivity contribution >= 4 is 46.2 Å². The number of hydrogen-bond acceptors (Lipinski definition) is 6. The number of rotatable bonds is 5. The maximum absolute atomic E-state index is 13.6. The summed E-state index contributed by atoms with van der Waals surface area (Å²) in [6, 6.07) is 3.27. The molecule has 3 aromatic rings. The Bertz CT molecular complexity index is 1210. The molecule has 2 amide bonds. The predicted octanol–water partition coefficient (Wildman–Crippen LogP) is 1.78. The van der Waals surface area contributed by atoms with Gasteiger partial charge in [0, 0.05) is 6.54 Å². The van der Waals surface area contributed by atoms with E-state index in [0.29, 0.717) is 18.7 Å². The molecule has 3 heterocycles. The van der Waals surface area contributed by atoms with Crippen LogP contribution in [0.15, 0.2) is 34.3 Å². The third kappa shape index (κ3) is 4.57. The lowest BCUT2D eigenvalue weighted by molar-refractivity contribution is -0.127. The van der Waals surface area contributed by atoms with Crippen molar-refractivity contribution in [2.45, 2.75) is 30.5 Å². The van der Waals surface area contributed by atoms with Crippen molar-refractivity contribution in [3.05, 3.63) is 45.6 Å². The molecule has 162 valence electrons. The van der Waals surface area contributed by atoms with Gasteiger partial charge in [0.2, 0.25) is 11.8 Å². The highest BCUT2D eigenvalue weighted by Crippen LogP contribution is 2.24. The van der Waals surface area contributed by atoms with Gasteiger partial charge < -0.3 is 10.6 Å². The Kier molecular flexibility index (Phi) is 6.23. The molecule has 0 radical (unpaired) electrons. The summed E-state index contributed by atoms with van der Waals surface area (Å²) in [6.45, 7) is 0.598. The van der Waals surface area contributed by atoms with Gasteiger partial charge >= 0.3 is 0 Å². The lowest BCUT2D eigenvalue weighted by Crippen LogP contribution is -2.46. The standard InChI is InChI=1S/C19H18ClFN6O3S/c20-12-7-10(4-5-13(12)21)27-18(30)11-8-23-26-16(11)25-19(27)31-9-15(28)24-14-3-1-2-6-22-17(14)29/h4-5,7-8,14H,1-3,6,9H2,(H,22,29)(H,23,26)(H,24,28). The Balaban J connectivity index is 1.60. The average Bonchev–Trinajstić information content (AvgIpc) is 3.13. The second-order valence-corrected chi connectivity index (χ2v) is 8.31. The van der Waals surface area contributed by atoms with Crippen LogP contribution >= 0.6 is 23.4 Å². The van der Waals surface area contributed by atoms with Crippen LogP contribution < -0.4 is 16.2 Å². The van der Waals surface area contributed by atoms with Crippen molar-refractivity contribution in [3.63, 3.8) is 0 Å². The van der Waals surface area contributed by atoms with Crippen LogP contribution in [0, 0.1) is 5.82 Å². The molecule has 1 aliphatic rings. The van der Waals surface area contributed by atoms with E-state index in [4.69, 9.17) is 11.6 Å². The second kappa shape index (κ2) is 9.06. The maximum Gasteiger partial charge on any atom is 0.269 e. The number of carbonyl (C=O) groups is 2. The van der Waals surface area contributed by atoms with Gasteiger partial charge in [0.1, 0.15) is 17.2 Å². The van der Waals surface area contributed by atoms with Gasteiger partial charge in [-0.1, -0.05) is 23.4 Å². The Labute approximate surface area is 184 Å². The van der Waals surface area contributed by atoms with E-state index in [2.05, 4.69) is 25.8 Å². The Morgan fingerprint density at radius 3 is 3.00 bits per heavy atom. The van der Waals surface area contributed by atoms with E-state index in [1.807, 2.05) is 0 Å². The molecular weight excluding hydrogens is 447 g/mol. The van der Waals surface area contributed by atoms with Crippen molar-refractivity contribution in [2.24, 2.45) is 0 Å². The van der Waals surface area contributed by atoms with Gasteiger partial charge in [-0.25, -0.2) is 9.37 Å². The van der Waals surface area contributed by atoms with Crippen molar-refractivity contribution in [2.75, 3.05) is 12.3 Å². The minimum Gasteiger partial charge on any atom is -0.354 e. The van der Waals surface area contributed by atoms with Crippen LogP contribution in [0.5, 0.6) is 0 Å². The van der Waals surface area contributed by atoms with Gasteiger partial charge in [0.15, 0.2) is 10.8 Å². The zero-order valence-corrected chi connectivity index (χ0v) is 17.7. The summed E-state index contributed by atoms with van der Waals surface area (Å²) in [4.78, 5) is 41.9. The number of nitrogens with one attached hydrogen (secondary N) is 3. The van der Waals surface area contributed by atoms with Gasteiger partial charge in [-0.05, 0) is 37.5 Å². The molecule has 1 aromatic carbocycles. The highest BCUT2D eigenvalue weighted by Gasteiger charge is 2.23. The molecule has 0 bridgehead atoms. The lowest BCUT2D eigenvalue weighted by atomic mass is 10.1. The van der Waals surface area contributed by atoms with Gasteiger partial charge in [-0.3, -0.25) is 24.0 Å². The number of hydrogen-bond donors (Lipinski definition) is 3. The summed E-state index contributed by atoms with van der Waals surface area (Å²) in [5.74, 6) is -1.27. The topological polar surface area (TPSA) is 122 Å². The SMILES string of the molecule is O=C(CSc1nc2[nH]ncc2c(=O)n1-c1ccc(F)c(Cl)c1)NC1CCCCNC1=O. The lowest BCUT2D eigenvalue weighted by Gasteiger charge is -2.16. The van der Waals surface area contributed by atoms with Gasteiger partial charge in [0.25, 0.3) is 5.56 Å². The molecule has 1 unspecified atom stereocenters. The number of fused-ring (bicyclic) bond motifs is 1. The fourth-order valence-corrected chi connectivity index (χ4v) is 4.26. The number of carbonyl (C=O) groups excluding carboxylic acids is 2. The smallest absolute Gasteiger partial charge is 0.269 e. The van der Waals surface area contributed by atoms with E-state index in [0.717, 1.165) is 30.7 Å². The number of aromatic amines is 1. The molecule has 12 heteroatoms. The van der Waals surface area contributed by atoms with E-state index in [1.165, 1.54) is 22.9 Å². The fraction of sp³-hybridized carbons (Fsp3) is 0.316. The zero-order chi connectivity index (χ0) is 22.0. The summed E-state index contributed by atoms with van der Waals surface area (Å²) >= 11 is 6.90. The Morgan fingerprint density at radius 1 is 1.35 bits per heavy atom. The van der Waals surface area contributed by atoms with Crippen molar-refractivity contribution < 1.29 is 14.0 Å². The molecule has 31 heavy (non-hydrogen) atoms. The van der Waals surface area contributed by atoms with E-state index in [1.54, 1.807) is 0 Å². The summed E-state index contributed by atoms with van der Waals surface area (Å²) < 4.78 is 14.9. The first kappa shape index (κ1) is 21.3. The summed E-state index contributed by atoms with van der Waals surface area (Å²) in [6.07, 6.45) is 3.62. The molecule has 1 fully saturated rings. The quantitative estimate of drug-likeness (QED) is 0.391. The summed E-state index contributed by atoms with van der Waals surface area (Å²) in [7, 11) is 0. The molecule has 1 atom stereocenters. The van der Waals surface area contributed by atoms with E-state index in [9.17, 15) is 18.8 Å². The van der Waals surface area contributed by atoms with Crippen LogP contribution in [-0.2, 0) is 9.59 Å². The van der Waals surface area contributed by atoms with Crippen molar-refractivity contribution in [1.82, 2.24) is 30.4 Å². The Morgan fingerprint density at radius 2 is 2.19 bits per heavy atom. The third-order valence-electron chi connectivity index (χ3n) is 4.82. The number of nitrogens with zero attached hydrogens (tertiary/aromatic N) is 3. The Hall–Kier alpha value is -2.92. The fourth-order valence-electron chi connectivity index (χ4n) is 3.27. The molecule has 2 aromatic heterocycles. The van der Waals surface area contributed by atoms with E-state index < -0.39 is 17.4 Å². The van der Waals surface area contributed by atoms with Crippen LogP contribution in [-0.4, -0.2) is 49.9 Å². The van der Waals surface area contributed by atoms with E-state index in [-0.39, 0.29) is 38.8 Å². The minimum absolute atomic E-state index is 0.0786. The van der Waals surface area contributed by atoms with E-state index >= 15 is 0 Å². The summed E-state index contributed by atoms with van der Waals surface area (Å²) in [5.41, 5.74) is 0.131. The van der Waals surface area contributed by atoms with Crippen LogP contribution in [0.4, 0.5) is 4.39 Å². The van der Waals surface area contributed by atoms with Crippen molar-refractivity contribution in [3.8, 4) is 5.69 Å². The molecule has 1 saturated heterocycles. The highest BCUT2D eigenvalue weighted by molar-refractivity contribution is 7.99. The number of benzene rings is 1. The first-order chi connectivity index (χ1) is 14.9. The predicted molar refractivity (Wildman–Crippen MR) is 114 cm³/mol. The molecule has 3 N–H and O–H groups in total. The monoisotopic (exact) mass is 464 g/mol. The molecule has 9 nitrogen and oxygen atoms in total. The number of amides is 2. The highest BCUT2D eigenvalue weighted by atomic mass is 35.5. The van der Waals surface area contributed by atoms with Crippen LogP contribution in [0.25, 0.3) is 16.7 Å². The van der Waals surface area contributed by atoms with Crippen LogP contribution in [0.1, 0.15) is 19.3 Å². The third-order valence-corrected chi connectivity index (χ3v) is 6.04. The average molecular weight is 465 g/mol. The molecule has 0 saturated carbocycles. The maximum atomic E-state index is 13.6.